The molecule has 1 aromatic carbocycles. The lowest BCUT2D eigenvalue weighted by molar-refractivity contribution is -0.138. The lowest BCUT2D eigenvalue weighted by Gasteiger charge is -2.16. The van der Waals surface area contributed by atoms with Crippen molar-refractivity contribution in [1.82, 2.24) is 5.32 Å². The molecule has 6 heteroatoms. The molecule has 1 amide bonds. The van der Waals surface area contributed by atoms with Gasteiger partial charge in [-0.15, -0.1) is 0 Å². The van der Waals surface area contributed by atoms with E-state index in [4.69, 9.17) is 0 Å². The molecular weight excluding hydrogens is 269 g/mol. The van der Waals surface area contributed by atoms with E-state index in [-0.39, 0.29) is 0 Å². The van der Waals surface area contributed by atoms with Gasteiger partial charge in [-0.2, -0.15) is 13.2 Å². The van der Waals surface area contributed by atoms with Crippen LogP contribution in [0.15, 0.2) is 18.2 Å². The van der Waals surface area contributed by atoms with Crippen LogP contribution in [0.3, 0.4) is 0 Å². The molecule has 1 rings (SSSR count). The third kappa shape index (κ3) is 5.11. The SMILES string of the molecule is CCNc1ccc(C(=O)NC(C)CC(F)(F)F)cc1C. The van der Waals surface area contributed by atoms with E-state index in [2.05, 4.69) is 10.6 Å². The van der Waals surface area contributed by atoms with Crippen molar-refractivity contribution in [2.75, 3.05) is 11.9 Å². The Morgan fingerprint density at radius 2 is 2.00 bits per heavy atom. The zero-order chi connectivity index (χ0) is 15.3. The van der Waals surface area contributed by atoms with Crippen LogP contribution in [0, 0.1) is 6.92 Å². The number of amides is 1. The Kier molecular flexibility index (Phi) is 5.42. The topological polar surface area (TPSA) is 41.1 Å². The van der Waals surface area contributed by atoms with Gasteiger partial charge in [-0.25, -0.2) is 0 Å². The van der Waals surface area contributed by atoms with Crippen LogP contribution in [-0.4, -0.2) is 24.7 Å². The summed E-state index contributed by atoms with van der Waals surface area (Å²) in [5, 5.41) is 5.49. The largest absolute Gasteiger partial charge is 0.391 e. The molecule has 0 saturated heterocycles. The Morgan fingerprint density at radius 1 is 1.35 bits per heavy atom. The fraction of sp³-hybridized carbons (Fsp3) is 0.500. The molecule has 1 aromatic rings. The molecule has 0 aliphatic carbocycles. The zero-order valence-corrected chi connectivity index (χ0v) is 11.8. The average molecular weight is 288 g/mol. The first-order chi connectivity index (χ1) is 9.23. The van der Waals surface area contributed by atoms with Gasteiger partial charge in [0.15, 0.2) is 0 Å². The number of carbonyl (C=O) groups is 1. The number of aryl methyl sites for hydroxylation is 1. The van der Waals surface area contributed by atoms with E-state index in [1.54, 1.807) is 18.2 Å². The second-order valence-corrected chi connectivity index (χ2v) is 4.75. The third-order valence-electron chi connectivity index (χ3n) is 2.77. The van der Waals surface area contributed by atoms with E-state index in [1.807, 2.05) is 13.8 Å². The molecule has 3 nitrogen and oxygen atoms in total. The van der Waals surface area contributed by atoms with Gasteiger partial charge in [-0.05, 0) is 44.5 Å². The Labute approximate surface area is 116 Å². The summed E-state index contributed by atoms with van der Waals surface area (Å²) in [5.74, 6) is -0.493. The first kappa shape index (κ1) is 16.3. The van der Waals surface area contributed by atoms with Crippen LogP contribution < -0.4 is 10.6 Å². The Balaban J connectivity index is 2.71. The molecule has 0 saturated carbocycles. The summed E-state index contributed by atoms with van der Waals surface area (Å²) in [6, 6.07) is 4.06. The molecule has 1 atom stereocenters. The molecule has 0 aliphatic rings. The summed E-state index contributed by atoms with van der Waals surface area (Å²) in [5.41, 5.74) is 2.15. The molecule has 0 fully saturated rings. The minimum absolute atomic E-state index is 0.359. The lowest BCUT2D eigenvalue weighted by Crippen LogP contribution is -2.35. The Hall–Kier alpha value is -1.72. The molecule has 0 radical (unpaired) electrons. The van der Waals surface area contributed by atoms with Crippen molar-refractivity contribution in [2.45, 2.75) is 39.4 Å². The number of carbonyl (C=O) groups excluding carboxylic acids is 1. The van der Waals surface area contributed by atoms with Gasteiger partial charge in [-0.1, -0.05) is 0 Å². The fourth-order valence-electron chi connectivity index (χ4n) is 1.90. The van der Waals surface area contributed by atoms with Gasteiger partial charge in [0.1, 0.15) is 0 Å². The molecule has 20 heavy (non-hydrogen) atoms. The van der Waals surface area contributed by atoms with E-state index in [9.17, 15) is 18.0 Å². The summed E-state index contributed by atoms with van der Waals surface area (Å²) >= 11 is 0. The van der Waals surface area contributed by atoms with E-state index < -0.39 is 24.5 Å². The average Bonchev–Trinajstić information content (AvgIpc) is 2.29. The molecular formula is C14H19F3N2O. The van der Waals surface area contributed by atoms with E-state index in [0.717, 1.165) is 17.8 Å². The molecule has 0 aliphatic heterocycles. The van der Waals surface area contributed by atoms with Gasteiger partial charge < -0.3 is 10.6 Å². The zero-order valence-electron chi connectivity index (χ0n) is 11.8. The number of rotatable bonds is 5. The first-order valence-corrected chi connectivity index (χ1v) is 6.45. The van der Waals surface area contributed by atoms with Crippen LogP contribution in [-0.2, 0) is 0 Å². The van der Waals surface area contributed by atoms with Crippen LogP contribution in [0.1, 0.15) is 36.2 Å². The molecule has 0 aromatic heterocycles. The number of hydrogen-bond acceptors (Lipinski definition) is 2. The molecule has 0 heterocycles. The van der Waals surface area contributed by atoms with Crippen molar-refractivity contribution in [2.24, 2.45) is 0 Å². The quantitative estimate of drug-likeness (QED) is 0.870. The summed E-state index contributed by atoms with van der Waals surface area (Å²) in [6.07, 6.45) is -5.31. The molecule has 0 bridgehead atoms. The van der Waals surface area contributed by atoms with Crippen molar-refractivity contribution < 1.29 is 18.0 Å². The van der Waals surface area contributed by atoms with Gasteiger partial charge in [0.05, 0.1) is 6.42 Å². The summed E-state index contributed by atoms with van der Waals surface area (Å²) in [7, 11) is 0. The third-order valence-corrected chi connectivity index (χ3v) is 2.77. The number of nitrogens with one attached hydrogen (secondary N) is 2. The highest BCUT2D eigenvalue weighted by molar-refractivity contribution is 5.95. The molecule has 1 unspecified atom stereocenters. The van der Waals surface area contributed by atoms with E-state index >= 15 is 0 Å². The summed E-state index contributed by atoms with van der Waals surface area (Å²) in [6.45, 7) is 5.90. The second-order valence-electron chi connectivity index (χ2n) is 4.75. The van der Waals surface area contributed by atoms with E-state index in [1.165, 1.54) is 6.92 Å². The summed E-state index contributed by atoms with van der Waals surface area (Å²) < 4.78 is 36.6. The minimum Gasteiger partial charge on any atom is -0.385 e. The molecule has 2 N–H and O–H groups in total. The Morgan fingerprint density at radius 3 is 2.50 bits per heavy atom. The van der Waals surface area contributed by atoms with Gasteiger partial charge in [0, 0.05) is 23.8 Å². The smallest absolute Gasteiger partial charge is 0.385 e. The maximum atomic E-state index is 12.2. The van der Waals surface area contributed by atoms with Crippen molar-refractivity contribution in [3.8, 4) is 0 Å². The molecule has 0 spiro atoms. The number of halogens is 3. The number of anilines is 1. The highest BCUT2D eigenvalue weighted by atomic mass is 19.4. The van der Waals surface area contributed by atoms with Crippen molar-refractivity contribution in [1.29, 1.82) is 0 Å². The summed E-state index contributed by atoms with van der Waals surface area (Å²) in [4.78, 5) is 11.9. The first-order valence-electron chi connectivity index (χ1n) is 6.45. The number of benzene rings is 1. The van der Waals surface area contributed by atoms with Crippen LogP contribution >= 0.6 is 0 Å². The van der Waals surface area contributed by atoms with Gasteiger partial charge in [0.2, 0.25) is 0 Å². The predicted molar refractivity (Wildman–Crippen MR) is 72.9 cm³/mol. The Bertz CT molecular complexity index is 472. The minimum atomic E-state index is -4.28. The maximum Gasteiger partial charge on any atom is 0.391 e. The molecule has 112 valence electrons. The fourth-order valence-corrected chi connectivity index (χ4v) is 1.90. The highest BCUT2D eigenvalue weighted by Gasteiger charge is 2.30. The monoisotopic (exact) mass is 288 g/mol. The standard InChI is InChI=1S/C14H19F3N2O/c1-4-18-12-6-5-11(7-9(12)2)13(20)19-10(3)8-14(15,16)17/h5-7,10,18H,4,8H2,1-3H3,(H,19,20). The predicted octanol–water partition coefficient (Wildman–Crippen LogP) is 3.50. The lowest BCUT2D eigenvalue weighted by atomic mass is 10.1. The normalized spacial score (nSPS) is 12.9. The van der Waals surface area contributed by atoms with Crippen LogP contribution in [0.2, 0.25) is 0 Å². The van der Waals surface area contributed by atoms with Crippen molar-refractivity contribution in [3.63, 3.8) is 0 Å². The second kappa shape index (κ2) is 6.63. The van der Waals surface area contributed by atoms with Gasteiger partial charge in [-0.3, -0.25) is 4.79 Å². The maximum absolute atomic E-state index is 12.2. The number of alkyl halides is 3. The van der Waals surface area contributed by atoms with Crippen molar-refractivity contribution >= 4 is 11.6 Å². The van der Waals surface area contributed by atoms with Crippen LogP contribution in [0.5, 0.6) is 0 Å². The van der Waals surface area contributed by atoms with Crippen LogP contribution in [0.25, 0.3) is 0 Å². The van der Waals surface area contributed by atoms with Gasteiger partial charge in [0.25, 0.3) is 5.91 Å². The van der Waals surface area contributed by atoms with Gasteiger partial charge >= 0.3 is 6.18 Å². The van der Waals surface area contributed by atoms with Crippen LogP contribution in [0.4, 0.5) is 18.9 Å². The van der Waals surface area contributed by atoms with E-state index in [0.29, 0.717) is 5.56 Å². The van der Waals surface area contributed by atoms with Crippen molar-refractivity contribution in [3.05, 3.63) is 29.3 Å². The highest BCUT2D eigenvalue weighted by Crippen LogP contribution is 2.22. The number of hydrogen-bond donors (Lipinski definition) is 2.